The van der Waals surface area contributed by atoms with Crippen LogP contribution in [0.1, 0.15) is 22.7 Å². The summed E-state index contributed by atoms with van der Waals surface area (Å²) < 4.78 is 10.6. The van der Waals surface area contributed by atoms with Gasteiger partial charge in [-0.1, -0.05) is 30.3 Å². The number of ketones is 1. The zero-order valence-electron chi connectivity index (χ0n) is 18.4. The molecule has 0 radical (unpaired) electrons. The summed E-state index contributed by atoms with van der Waals surface area (Å²) in [7, 11) is 2.96. The van der Waals surface area contributed by atoms with Crippen LogP contribution in [0.15, 0.2) is 72.3 Å². The maximum absolute atomic E-state index is 13.2. The summed E-state index contributed by atoms with van der Waals surface area (Å²) >= 11 is 0. The summed E-state index contributed by atoms with van der Waals surface area (Å²) in [5, 5.41) is 21.0. The van der Waals surface area contributed by atoms with Gasteiger partial charge in [0.1, 0.15) is 11.5 Å². The van der Waals surface area contributed by atoms with Gasteiger partial charge in [0.15, 0.2) is 11.5 Å². The standard InChI is InChI=1S/C26H23NO6/c1-15-6-4-5-7-19(15)27-23(16-8-11-18(28)12-9-16)22(25(30)26(27)31)24(29)17-10-13-20(32-2)21(14-17)33-3/h4-14,23,28-29H,1-3H3/b24-22-. The predicted molar refractivity (Wildman–Crippen MR) is 124 cm³/mol. The van der Waals surface area contributed by atoms with Crippen LogP contribution in [0.5, 0.6) is 17.2 Å². The Morgan fingerprint density at radius 2 is 1.58 bits per heavy atom. The summed E-state index contributed by atoms with van der Waals surface area (Å²) in [6.07, 6.45) is 0. The normalized spacial score (nSPS) is 17.3. The van der Waals surface area contributed by atoms with E-state index in [1.165, 1.54) is 31.3 Å². The average molecular weight is 445 g/mol. The van der Waals surface area contributed by atoms with Crippen LogP contribution in [-0.2, 0) is 9.59 Å². The van der Waals surface area contributed by atoms with Crippen molar-refractivity contribution in [3.8, 4) is 17.2 Å². The minimum Gasteiger partial charge on any atom is -0.508 e. The van der Waals surface area contributed by atoms with Crippen molar-refractivity contribution < 1.29 is 29.3 Å². The van der Waals surface area contributed by atoms with Crippen LogP contribution < -0.4 is 14.4 Å². The third kappa shape index (κ3) is 3.78. The van der Waals surface area contributed by atoms with E-state index in [4.69, 9.17) is 9.47 Å². The maximum Gasteiger partial charge on any atom is 0.300 e. The second-order valence-electron chi connectivity index (χ2n) is 7.62. The fourth-order valence-electron chi connectivity index (χ4n) is 4.03. The number of hydrogen-bond acceptors (Lipinski definition) is 6. The number of carbonyl (C=O) groups is 2. The fourth-order valence-corrected chi connectivity index (χ4v) is 4.03. The van der Waals surface area contributed by atoms with Crippen molar-refractivity contribution in [3.05, 3.63) is 89.0 Å². The number of amides is 1. The molecule has 1 unspecified atom stereocenters. The molecule has 7 heteroatoms. The molecule has 2 N–H and O–H groups in total. The van der Waals surface area contributed by atoms with Crippen molar-refractivity contribution in [3.63, 3.8) is 0 Å². The van der Waals surface area contributed by atoms with Crippen LogP contribution in [0.4, 0.5) is 5.69 Å². The third-order valence-corrected chi connectivity index (χ3v) is 5.69. The van der Waals surface area contributed by atoms with E-state index in [1.54, 1.807) is 42.5 Å². The summed E-state index contributed by atoms with van der Waals surface area (Å²) in [6, 6.07) is 17.3. The molecule has 1 amide bonds. The molecular weight excluding hydrogens is 422 g/mol. The maximum atomic E-state index is 13.2. The first-order valence-electron chi connectivity index (χ1n) is 10.2. The Morgan fingerprint density at radius 3 is 2.21 bits per heavy atom. The smallest absolute Gasteiger partial charge is 0.300 e. The molecule has 0 aromatic heterocycles. The van der Waals surface area contributed by atoms with E-state index in [2.05, 4.69) is 0 Å². The number of aliphatic hydroxyl groups is 1. The molecule has 4 rings (SSSR count). The molecular formula is C26H23NO6. The SMILES string of the molecule is COc1ccc(/C(O)=C2/C(=O)C(=O)N(c3ccccc3C)C2c2ccc(O)cc2)cc1OC. The minimum atomic E-state index is -0.889. The van der Waals surface area contributed by atoms with Crippen molar-refractivity contribution in [2.45, 2.75) is 13.0 Å². The van der Waals surface area contributed by atoms with Gasteiger partial charge in [-0.25, -0.2) is 0 Å². The lowest BCUT2D eigenvalue weighted by molar-refractivity contribution is -0.132. The number of phenols is 1. The van der Waals surface area contributed by atoms with Crippen LogP contribution in [-0.4, -0.2) is 36.1 Å². The van der Waals surface area contributed by atoms with Crippen LogP contribution in [0, 0.1) is 6.92 Å². The van der Waals surface area contributed by atoms with E-state index in [0.717, 1.165) is 5.56 Å². The van der Waals surface area contributed by atoms with Gasteiger partial charge in [-0.2, -0.15) is 0 Å². The number of hydrogen-bond donors (Lipinski definition) is 2. The summed E-state index contributed by atoms with van der Waals surface area (Å²) in [4.78, 5) is 27.8. The predicted octanol–water partition coefficient (Wildman–Crippen LogP) is 4.34. The lowest BCUT2D eigenvalue weighted by Crippen LogP contribution is -2.30. The molecule has 0 bridgehead atoms. The number of para-hydroxylation sites is 1. The molecule has 1 saturated heterocycles. The summed E-state index contributed by atoms with van der Waals surface area (Å²) in [5.74, 6) is -0.997. The first kappa shape index (κ1) is 22.0. The number of anilines is 1. The van der Waals surface area contributed by atoms with Gasteiger partial charge in [0, 0.05) is 11.3 Å². The molecule has 1 aliphatic heterocycles. The summed E-state index contributed by atoms with van der Waals surface area (Å²) in [6.45, 7) is 1.84. The first-order chi connectivity index (χ1) is 15.9. The number of methoxy groups -OCH3 is 2. The molecule has 3 aromatic rings. The highest BCUT2D eigenvalue weighted by Gasteiger charge is 2.47. The van der Waals surface area contributed by atoms with Crippen molar-refractivity contribution in [1.82, 2.24) is 0 Å². The number of Topliss-reactive ketones (excluding diaryl/α,β-unsaturated/α-hetero) is 1. The fraction of sp³-hybridized carbons (Fsp3) is 0.154. The quantitative estimate of drug-likeness (QED) is 0.345. The van der Waals surface area contributed by atoms with Gasteiger partial charge in [-0.3, -0.25) is 14.5 Å². The van der Waals surface area contributed by atoms with Gasteiger partial charge in [0.2, 0.25) is 0 Å². The zero-order chi connectivity index (χ0) is 23.7. The average Bonchev–Trinajstić information content (AvgIpc) is 3.09. The Balaban J connectivity index is 1.96. The zero-order valence-corrected chi connectivity index (χ0v) is 18.4. The molecule has 7 nitrogen and oxygen atoms in total. The van der Waals surface area contributed by atoms with Gasteiger partial charge in [0.05, 0.1) is 25.8 Å². The monoisotopic (exact) mass is 445 g/mol. The second kappa shape index (κ2) is 8.70. The largest absolute Gasteiger partial charge is 0.508 e. The van der Waals surface area contributed by atoms with E-state index < -0.39 is 17.7 Å². The van der Waals surface area contributed by atoms with E-state index in [9.17, 15) is 19.8 Å². The number of phenolic OH excluding ortho intramolecular Hbond substituents is 1. The van der Waals surface area contributed by atoms with E-state index >= 15 is 0 Å². The highest BCUT2D eigenvalue weighted by Crippen LogP contribution is 2.44. The van der Waals surface area contributed by atoms with Crippen LogP contribution in [0.2, 0.25) is 0 Å². The van der Waals surface area contributed by atoms with Gasteiger partial charge < -0.3 is 19.7 Å². The van der Waals surface area contributed by atoms with E-state index in [1.807, 2.05) is 19.1 Å². The molecule has 168 valence electrons. The Bertz CT molecular complexity index is 1260. The van der Waals surface area contributed by atoms with Crippen molar-refractivity contribution in [2.24, 2.45) is 0 Å². The van der Waals surface area contributed by atoms with Crippen molar-refractivity contribution in [1.29, 1.82) is 0 Å². The van der Waals surface area contributed by atoms with Crippen LogP contribution in [0.3, 0.4) is 0 Å². The Hall–Kier alpha value is -4.26. The molecule has 1 atom stereocenters. The Morgan fingerprint density at radius 1 is 0.909 bits per heavy atom. The molecule has 1 aliphatic rings. The minimum absolute atomic E-state index is 0.0477. The van der Waals surface area contributed by atoms with Crippen molar-refractivity contribution in [2.75, 3.05) is 19.1 Å². The first-order valence-corrected chi connectivity index (χ1v) is 10.2. The summed E-state index contributed by atoms with van der Waals surface area (Å²) in [5.41, 5.74) is 2.18. The van der Waals surface area contributed by atoms with Crippen LogP contribution in [0.25, 0.3) is 5.76 Å². The number of aromatic hydroxyl groups is 1. The number of carbonyl (C=O) groups excluding carboxylic acids is 2. The number of aliphatic hydroxyl groups excluding tert-OH is 1. The highest BCUT2D eigenvalue weighted by molar-refractivity contribution is 6.51. The van der Waals surface area contributed by atoms with Gasteiger partial charge in [-0.15, -0.1) is 0 Å². The number of rotatable bonds is 5. The highest BCUT2D eigenvalue weighted by atomic mass is 16.5. The second-order valence-corrected chi connectivity index (χ2v) is 7.62. The van der Waals surface area contributed by atoms with E-state index in [-0.39, 0.29) is 17.1 Å². The molecule has 1 heterocycles. The lowest BCUT2D eigenvalue weighted by Gasteiger charge is -2.26. The van der Waals surface area contributed by atoms with Gasteiger partial charge in [-0.05, 0) is 54.4 Å². The molecule has 1 fully saturated rings. The third-order valence-electron chi connectivity index (χ3n) is 5.69. The van der Waals surface area contributed by atoms with Gasteiger partial charge >= 0.3 is 0 Å². The number of benzene rings is 3. The number of aryl methyl sites for hydroxylation is 1. The molecule has 3 aromatic carbocycles. The lowest BCUT2D eigenvalue weighted by atomic mass is 9.94. The van der Waals surface area contributed by atoms with Crippen LogP contribution >= 0.6 is 0 Å². The van der Waals surface area contributed by atoms with E-state index in [0.29, 0.717) is 28.3 Å². The Kier molecular flexibility index (Phi) is 5.79. The number of nitrogens with zero attached hydrogens (tertiary/aromatic N) is 1. The topological polar surface area (TPSA) is 96.3 Å². The Labute approximate surface area is 191 Å². The molecule has 0 spiro atoms. The number of ether oxygens (including phenoxy) is 2. The van der Waals surface area contributed by atoms with Gasteiger partial charge in [0.25, 0.3) is 11.7 Å². The van der Waals surface area contributed by atoms with Crippen molar-refractivity contribution >= 4 is 23.1 Å². The molecule has 0 aliphatic carbocycles. The molecule has 0 saturated carbocycles. The molecule has 33 heavy (non-hydrogen) atoms.